The highest BCUT2D eigenvalue weighted by Gasteiger charge is 2.15. The third-order valence-corrected chi connectivity index (χ3v) is 5.28. The molecule has 0 aliphatic rings. The average molecular weight is 435 g/mol. The van der Waals surface area contributed by atoms with Gasteiger partial charge in [0.2, 0.25) is 0 Å². The predicted octanol–water partition coefficient (Wildman–Crippen LogP) is 4.96. The maximum Gasteiger partial charge on any atom is 0.182 e. The lowest BCUT2D eigenvalue weighted by molar-refractivity contribution is 0.407. The van der Waals surface area contributed by atoms with Crippen LogP contribution in [0.3, 0.4) is 0 Å². The van der Waals surface area contributed by atoms with Crippen molar-refractivity contribution in [1.29, 1.82) is 0 Å². The van der Waals surface area contributed by atoms with E-state index in [0.29, 0.717) is 6.54 Å². The van der Waals surface area contributed by atoms with Crippen molar-refractivity contribution in [2.24, 2.45) is 0 Å². The standard InChI is InChI=1S/C22H19BrN4O/c1-28-21-9-5-2-6-18(21)15-27-22(24-25-26-27)20-8-4-3-7-19(20)17-12-10-16(14-23)11-13-17/h2-13H,14-15H2,1H3. The van der Waals surface area contributed by atoms with E-state index in [2.05, 4.69) is 67.9 Å². The van der Waals surface area contributed by atoms with Crippen molar-refractivity contribution in [3.63, 3.8) is 0 Å². The molecule has 0 radical (unpaired) electrons. The first-order valence-electron chi connectivity index (χ1n) is 8.93. The van der Waals surface area contributed by atoms with Gasteiger partial charge < -0.3 is 4.74 Å². The highest BCUT2D eigenvalue weighted by molar-refractivity contribution is 9.08. The van der Waals surface area contributed by atoms with Crippen molar-refractivity contribution in [1.82, 2.24) is 20.2 Å². The number of tetrazole rings is 1. The zero-order chi connectivity index (χ0) is 19.3. The van der Waals surface area contributed by atoms with E-state index in [1.54, 1.807) is 7.11 Å². The molecule has 0 saturated heterocycles. The molecule has 1 aromatic heterocycles. The summed E-state index contributed by atoms with van der Waals surface area (Å²) in [5.41, 5.74) is 5.49. The molecule has 0 bridgehead atoms. The Morgan fingerprint density at radius 3 is 2.36 bits per heavy atom. The summed E-state index contributed by atoms with van der Waals surface area (Å²) in [5.74, 6) is 1.55. The first-order chi connectivity index (χ1) is 13.8. The molecule has 28 heavy (non-hydrogen) atoms. The third-order valence-electron chi connectivity index (χ3n) is 4.63. The van der Waals surface area contributed by atoms with Crippen molar-refractivity contribution in [2.75, 3.05) is 7.11 Å². The Balaban J connectivity index is 1.74. The molecule has 4 rings (SSSR count). The second kappa shape index (κ2) is 8.35. The average Bonchev–Trinajstić information content (AvgIpc) is 3.22. The van der Waals surface area contributed by atoms with E-state index >= 15 is 0 Å². The lowest BCUT2D eigenvalue weighted by atomic mass is 9.98. The van der Waals surface area contributed by atoms with Gasteiger partial charge in [-0.3, -0.25) is 0 Å². The summed E-state index contributed by atoms with van der Waals surface area (Å²) in [4.78, 5) is 0. The fourth-order valence-corrected chi connectivity index (χ4v) is 3.58. The molecule has 1 heterocycles. The topological polar surface area (TPSA) is 52.8 Å². The summed E-state index contributed by atoms with van der Waals surface area (Å²) in [7, 11) is 1.67. The lowest BCUT2D eigenvalue weighted by Crippen LogP contribution is -2.06. The summed E-state index contributed by atoms with van der Waals surface area (Å²) in [5, 5.41) is 13.3. The minimum absolute atomic E-state index is 0.531. The Labute approximate surface area is 172 Å². The van der Waals surface area contributed by atoms with Crippen LogP contribution in [0.2, 0.25) is 0 Å². The van der Waals surface area contributed by atoms with Gasteiger partial charge in [0.25, 0.3) is 0 Å². The van der Waals surface area contributed by atoms with E-state index in [9.17, 15) is 0 Å². The number of alkyl halides is 1. The van der Waals surface area contributed by atoms with E-state index in [1.165, 1.54) is 5.56 Å². The number of para-hydroxylation sites is 1. The van der Waals surface area contributed by atoms with Crippen molar-refractivity contribution in [3.8, 4) is 28.3 Å². The molecule has 0 atom stereocenters. The van der Waals surface area contributed by atoms with Gasteiger partial charge in [-0.15, -0.1) is 5.10 Å². The minimum Gasteiger partial charge on any atom is -0.496 e. The van der Waals surface area contributed by atoms with Crippen LogP contribution in [0.5, 0.6) is 5.75 Å². The van der Waals surface area contributed by atoms with Gasteiger partial charge >= 0.3 is 0 Å². The summed E-state index contributed by atoms with van der Waals surface area (Å²) < 4.78 is 7.28. The minimum atomic E-state index is 0.531. The van der Waals surface area contributed by atoms with Crippen LogP contribution in [0.4, 0.5) is 0 Å². The molecule has 6 heteroatoms. The molecule has 0 saturated carbocycles. The summed E-state index contributed by atoms with van der Waals surface area (Å²) in [6.07, 6.45) is 0. The van der Waals surface area contributed by atoms with E-state index < -0.39 is 0 Å². The van der Waals surface area contributed by atoms with E-state index in [-0.39, 0.29) is 0 Å². The molecule has 0 fully saturated rings. The molecule has 0 amide bonds. The second-order valence-electron chi connectivity index (χ2n) is 6.35. The monoisotopic (exact) mass is 434 g/mol. The number of benzene rings is 3. The molecular formula is C22H19BrN4O. The van der Waals surface area contributed by atoms with E-state index in [4.69, 9.17) is 4.74 Å². The first-order valence-corrected chi connectivity index (χ1v) is 10.0. The first kappa shape index (κ1) is 18.4. The molecule has 5 nitrogen and oxygen atoms in total. The van der Waals surface area contributed by atoms with Crippen LogP contribution in [0.1, 0.15) is 11.1 Å². The molecule has 0 unspecified atom stereocenters. The second-order valence-corrected chi connectivity index (χ2v) is 6.91. The lowest BCUT2D eigenvalue weighted by Gasteiger charge is -2.12. The predicted molar refractivity (Wildman–Crippen MR) is 113 cm³/mol. The molecule has 3 aromatic carbocycles. The zero-order valence-corrected chi connectivity index (χ0v) is 17.0. The van der Waals surface area contributed by atoms with Crippen molar-refractivity contribution in [3.05, 3.63) is 83.9 Å². The Bertz CT molecular complexity index is 1080. The largest absolute Gasteiger partial charge is 0.496 e. The molecule has 4 aromatic rings. The van der Waals surface area contributed by atoms with Gasteiger partial charge in [0, 0.05) is 16.5 Å². The fraction of sp³-hybridized carbons (Fsp3) is 0.136. The Morgan fingerprint density at radius 1 is 0.893 bits per heavy atom. The zero-order valence-electron chi connectivity index (χ0n) is 15.4. The highest BCUT2D eigenvalue weighted by Crippen LogP contribution is 2.31. The van der Waals surface area contributed by atoms with Crippen LogP contribution in [0.25, 0.3) is 22.5 Å². The van der Waals surface area contributed by atoms with E-state index in [0.717, 1.165) is 39.2 Å². The quantitative estimate of drug-likeness (QED) is 0.402. The number of ether oxygens (including phenoxy) is 1. The smallest absolute Gasteiger partial charge is 0.182 e. The normalized spacial score (nSPS) is 10.8. The maximum atomic E-state index is 5.47. The number of aromatic nitrogens is 4. The van der Waals surface area contributed by atoms with Crippen LogP contribution in [0.15, 0.2) is 72.8 Å². The van der Waals surface area contributed by atoms with Crippen LogP contribution in [-0.2, 0) is 11.9 Å². The number of hydrogen-bond acceptors (Lipinski definition) is 4. The number of nitrogens with zero attached hydrogens (tertiary/aromatic N) is 4. The van der Waals surface area contributed by atoms with E-state index in [1.807, 2.05) is 41.1 Å². The summed E-state index contributed by atoms with van der Waals surface area (Å²) >= 11 is 3.50. The number of methoxy groups -OCH3 is 1. The van der Waals surface area contributed by atoms with Crippen LogP contribution in [-0.4, -0.2) is 27.3 Å². The summed E-state index contributed by atoms with van der Waals surface area (Å²) in [6, 6.07) is 24.6. The molecule has 0 aliphatic heterocycles. The van der Waals surface area contributed by atoms with Gasteiger partial charge in [-0.25, -0.2) is 4.68 Å². The van der Waals surface area contributed by atoms with Crippen LogP contribution >= 0.6 is 15.9 Å². The van der Waals surface area contributed by atoms with Gasteiger partial charge in [-0.2, -0.15) is 0 Å². The van der Waals surface area contributed by atoms with Crippen molar-refractivity contribution >= 4 is 15.9 Å². The van der Waals surface area contributed by atoms with Gasteiger partial charge in [-0.05, 0) is 33.2 Å². The van der Waals surface area contributed by atoms with Crippen molar-refractivity contribution in [2.45, 2.75) is 11.9 Å². The SMILES string of the molecule is COc1ccccc1Cn1nnnc1-c1ccccc1-c1ccc(CBr)cc1. The summed E-state index contributed by atoms with van der Waals surface area (Å²) in [6.45, 7) is 0.531. The van der Waals surface area contributed by atoms with Gasteiger partial charge in [0.05, 0.1) is 13.7 Å². The van der Waals surface area contributed by atoms with Crippen LogP contribution in [0, 0.1) is 0 Å². The third kappa shape index (κ3) is 3.68. The molecule has 0 N–H and O–H groups in total. The molecular weight excluding hydrogens is 416 g/mol. The van der Waals surface area contributed by atoms with Crippen LogP contribution < -0.4 is 4.74 Å². The number of halogens is 1. The van der Waals surface area contributed by atoms with Gasteiger partial charge in [0.15, 0.2) is 5.82 Å². The molecule has 0 spiro atoms. The number of hydrogen-bond donors (Lipinski definition) is 0. The number of rotatable bonds is 6. The fourth-order valence-electron chi connectivity index (χ4n) is 3.20. The Morgan fingerprint density at radius 2 is 1.61 bits per heavy atom. The van der Waals surface area contributed by atoms with Gasteiger partial charge in [-0.1, -0.05) is 82.7 Å². The Hall–Kier alpha value is -2.99. The molecule has 140 valence electrons. The van der Waals surface area contributed by atoms with Crippen molar-refractivity contribution < 1.29 is 4.74 Å². The maximum absolute atomic E-state index is 5.47. The Kier molecular flexibility index (Phi) is 5.48. The highest BCUT2D eigenvalue weighted by atomic mass is 79.9. The molecule has 0 aliphatic carbocycles. The van der Waals surface area contributed by atoms with Gasteiger partial charge in [0.1, 0.15) is 5.75 Å².